The number of hydrogen-bond donors (Lipinski definition) is 3. The summed E-state index contributed by atoms with van der Waals surface area (Å²) in [5.74, 6) is -4.26. The predicted molar refractivity (Wildman–Crippen MR) is 110 cm³/mol. The third-order valence-electron chi connectivity index (χ3n) is 4.73. The van der Waals surface area contributed by atoms with E-state index in [1.54, 1.807) is 36.4 Å². The molecule has 0 aromatic heterocycles. The Morgan fingerprint density at radius 2 is 1.97 bits per heavy atom. The number of carbonyl (C=O) groups is 2. The van der Waals surface area contributed by atoms with Gasteiger partial charge in [0.05, 0.1) is 6.42 Å². The molecule has 2 aromatic carbocycles. The average Bonchev–Trinajstić information content (AvgIpc) is 2.68. The lowest BCUT2D eigenvalue weighted by Crippen LogP contribution is -2.20. The second kappa shape index (κ2) is 8.59. The van der Waals surface area contributed by atoms with Crippen molar-refractivity contribution >= 4 is 23.5 Å². The molecule has 0 saturated heterocycles. The maximum atomic E-state index is 13.9. The van der Waals surface area contributed by atoms with Crippen LogP contribution in [-0.4, -0.2) is 28.5 Å². The molecule has 0 spiro atoms. The van der Waals surface area contributed by atoms with Gasteiger partial charge in [0.2, 0.25) is 5.91 Å². The Morgan fingerprint density at radius 3 is 2.67 bits per heavy atom. The average molecular weight is 413 g/mol. The van der Waals surface area contributed by atoms with Crippen molar-refractivity contribution in [3.63, 3.8) is 0 Å². The van der Waals surface area contributed by atoms with E-state index in [4.69, 9.17) is 5.11 Å². The van der Waals surface area contributed by atoms with Crippen molar-refractivity contribution in [2.45, 2.75) is 25.7 Å². The Labute approximate surface area is 172 Å². The standard InChI is InChI=1S/C23H21F2NO4/c1-23(24,25)19-13-16(28)9-7-15(19)12-21(29)26-20-6-2-5-18-17(20)10-8-14(22(18)30)4-3-11-27/h2,4-10,13,27-28H,3,11-12H2,1H3,(H,26,29)/b14-4+. The number of Topliss-reactive ketones (excluding diaryl/α,β-unsaturated/α-hetero) is 1. The van der Waals surface area contributed by atoms with Crippen molar-refractivity contribution in [3.05, 3.63) is 76.4 Å². The van der Waals surface area contributed by atoms with Crippen molar-refractivity contribution in [1.29, 1.82) is 0 Å². The fourth-order valence-electron chi connectivity index (χ4n) is 3.33. The number of fused-ring (bicyclic) bond motifs is 1. The van der Waals surface area contributed by atoms with Gasteiger partial charge in [0.1, 0.15) is 5.75 Å². The van der Waals surface area contributed by atoms with Gasteiger partial charge in [0.25, 0.3) is 5.92 Å². The molecule has 5 nitrogen and oxygen atoms in total. The highest BCUT2D eigenvalue weighted by molar-refractivity contribution is 6.16. The van der Waals surface area contributed by atoms with Crippen molar-refractivity contribution in [1.82, 2.24) is 0 Å². The second-order valence-electron chi connectivity index (χ2n) is 7.06. The molecular weight excluding hydrogens is 392 g/mol. The summed E-state index contributed by atoms with van der Waals surface area (Å²) in [4.78, 5) is 25.2. The van der Waals surface area contributed by atoms with E-state index in [9.17, 15) is 23.5 Å². The molecule has 3 N–H and O–H groups in total. The minimum absolute atomic E-state index is 0.0658. The number of nitrogens with one attached hydrogen (secondary N) is 1. The van der Waals surface area contributed by atoms with Gasteiger partial charge < -0.3 is 15.5 Å². The Morgan fingerprint density at radius 1 is 1.20 bits per heavy atom. The number of allylic oxidation sites excluding steroid dienone is 2. The van der Waals surface area contributed by atoms with Crippen LogP contribution in [0.5, 0.6) is 5.75 Å². The van der Waals surface area contributed by atoms with Crippen molar-refractivity contribution in [2.24, 2.45) is 0 Å². The van der Waals surface area contributed by atoms with Gasteiger partial charge in [-0.1, -0.05) is 36.4 Å². The number of phenolic OH excluding ortho intramolecular Hbond substituents is 1. The van der Waals surface area contributed by atoms with Crippen LogP contribution in [0.25, 0.3) is 6.08 Å². The third-order valence-corrected chi connectivity index (χ3v) is 4.73. The minimum Gasteiger partial charge on any atom is -0.508 e. The molecule has 0 unspecified atom stereocenters. The van der Waals surface area contributed by atoms with Crippen molar-refractivity contribution < 1.29 is 28.6 Å². The molecule has 7 heteroatoms. The summed E-state index contributed by atoms with van der Waals surface area (Å²) < 4.78 is 27.7. The molecule has 1 aliphatic carbocycles. The van der Waals surface area contributed by atoms with Gasteiger partial charge in [-0.25, -0.2) is 8.78 Å². The van der Waals surface area contributed by atoms with Crippen LogP contribution in [0.4, 0.5) is 14.5 Å². The zero-order valence-electron chi connectivity index (χ0n) is 16.3. The molecule has 30 heavy (non-hydrogen) atoms. The number of phenols is 1. The number of alkyl halides is 2. The second-order valence-corrected chi connectivity index (χ2v) is 7.06. The number of carbonyl (C=O) groups excluding carboxylic acids is 2. The summed E-state index contributed by atoms with van der Waals surface area (Å²) >= 11 is 0. The molecule has 1 amide bonds. The Balaban J connectivity index is 1.84. The maximum absolute atomic E-state index is 13.9. The monoisotopic (exact) mass is 413 g/mol. The third kappa shape index (κ3) is 4.63. The molecule has 2 aromatic rings. The lowest BCUT2D eigenvalue weighted by Gasteiger charge is -2.18. The number of amides is 1. The molecule has 3 rings (SSSR count). The fraction of sp³-hybridized carbons (Fsp3) is 0.217. The van der Waals surface area contributed by atoms with Gasteiger partial charge in [0.15, 0.2) is 5.78 Å². The molecule has 0 fully saturated rings. The van der Waals surface area contributed by atoms with Crippen LogP contribution in [0.2, 0.25) is 0 Å². The van der Waals surface area contributed by atoms with Crippen molar-refractivity contribution in [2.75, 3.05) is 11.9 Å². The molecule has 0 bridgehead atoms. The largest absolute Gasteiger partial charge is 0.508 e. The van der Waals surface area contributed by atoms with Gasteiger partial charge in [0, 0.05) is 41.5 Å². The number of aliphatic hydroxyl groups is 1. The Hall–Kier alpha value is -3.32. The number of ketones is 1. The molecule has 156 valence electrons. The maximum Gasteiger partial charge on any atom is 0.270 e. The van der Waals surface area contributed by atoms with Crippen LogP contribution < -0.4 is 5.32 Å². The van der Waals surface area contributed by atoms with Gasteiger partial charge in [-0.2, -0.15) is 0 Å². The van der Waals surface area contributed by atoms with E-state index in [1.165, 1.54) is 12.1 Å². The number of halogens is 2. The smallest absolute Gasteiger partial charge is 0.270 e. The summed E-state index contributed by atoms with van der Waals surface area (Å²) in [6.07, 6.45) is 4.99. The number of aliphatic hydroxyl groups excluding tert-OH is 1. The highest BCUT2D eigenvalue weighted by Crippen LogP contribution is 2.33. The van der Waals surface area contributed by atoms with E-state index < -0.39 is 17.4 Å². The van der Waals surface area contributed by atoms with E-state index in [0.29, 0.717) is 35.7 Å². The van der Waals surface area contributed by atoms with E-state index in [1.807, 2.05) is 0 Å². The first-order valence-electron chi connectivity index (χ1n) is 9.37. The minimum atomic E-state index is -3.22. The SMILES string of the molecule is CC(F)(F)c1cc(O)ccc1CC(=O)Nc1cccc2c1C=C/C(=C\CCO)C2=O. The van der Waals surface area contributed by atoms with E-state index >= 15 is 0 Å². The van der Waals surface area contributed by atoms with Gasteiger partial charge in [-0.15, -0.1) is 0 Å². The highest BCUT2D eigenvalue weighted by Gasteiger charge is 2.29. The first-order chi connectivity index (χ1) is 14.2. The summed E-state index contributed by atoms with van der Waals surface area (Å²) in [5.41, 5.74) is 1.48. The number of benzene rings is 2. The molecule has 0 saturated carbocycles. The normalized spacial score (nSPS) is 14.7. The molecule has 0 aliphatic heterocycles. The molecule has 0 atom stereocenters. The first-order valence-corrected chi connectivity index (χ1v) is 9.37. The molecule has 0 heterocycles. The molecule has 1 aliphatic rings. The molecular formula is C23H21F2NO4. The van der Waals surface area contributed by atoms with Gasteiger partial charge in [-0.05, 0) is 30.2 Å². The Bertz CT molecular complexity index is 1050. The number of rotatable bonds is 6. The fourth-order valence-corrected chi connectivity index (χ4v) is 3.33. The number of aromatic hydroxyl groups is 1. The highest BCUT2D eigenvalue weighted by atomic mass is 19.3. The number of hydrogen-bond acceptors (Lipinski definition) is 4. The lowest BCUT2D eigenvalue weighted by atomic mass is 9.90. The van der Waals surface area contributed by atoms with E-state index in [-0.39, 0.29) is 30.1 Å². The van der Waals surface area contributed by atoms with Crippen molar-refractivity contribution in [3.8, 4) is 5.75 Å². The summed E-state index contributed by atoms with van der Waals surface area (Å²) in [6, 6.07) is 8.39. The summed E-state index contributed by atoms with van der Waals surface area (Å²) in [7, 11) is 0. The summed E-state index contributed by atoms with van der Waals surface area (Å²) in [5, 5.41) is 21.1. The summed E-state index contributed by atoms with van der Waals surface area (Å²) in [6.45, 7) is 0.638. The van der Waals surface area contributed by atoms with Crippen LogP contribution in [0.1, 0.15) is 40.4 Å². The predicted octanol–water partition coefficient (Wildman–Crippen LogP) is 4.20. The van der Waals surface area contributed by atoms with Gasteiger partial charge in [-0.3, -0.25) is 9.59 Å². The zero-order chi connectivity index (χ0) is 21.9. The quantitative estimate of drug-likeness (QED) is 0.620. The lowest BCUT2D eigenvalue weighted by molar-refractivity contribution is -0.115. The van der Waals surface area contributed by atoms with Gasteiger partial charge >= 0.3 is 0 Å². The van der Waals surface area contributed by atoms with Crippen LogP contribution in [0.15, 0.2) is 54.1 Å². The number of anilines is 1. The van der Waals surface area contributed by atoms with Crippen LogP contribution in [0, 0.1) is 0 Å². The van der Waals surface area contributed by atoms with E-state index in [0.717, 1.165) is 6.07 Å². The Kier molecular flexibility index (Phi) is 6.12. The van der Waals surface area contributed by atoms with Crippen LogP contribution in [-0.2, 0) is 17.1 Å². The zero-order valence-corrected chi connectivity index (χ0v) is 16.3. The molecule has 0 radical (unpaired) electrons. The van der Waals surface area contributed by atoms with Crippen LogP contribution in [0.3, 0.4) is 0 Å². The van der Waals surface area contributed by atoms with Crippen LogP contribution >= 0.6 is 0 Å². The topological polar surface area (TPSA) is 86.6 Å². The first kappa shape index (κ1) is 21.4. The van der Waals surface area contributed by atoms with E-state index in [2.05, 4.69) is 5.32 Å².